The van der Waals surface area contributed by atoms with E-state index in [1.807, 2.05) is 0 Å². The Morgan fingerprint density at radius 3 is 2.56 bits per heavy atom. The van der Waals surface area contributed by atoms with Gasteiger partial charge in [-0.05, 0) is 12.1 Å². The number of benzene rings is 1. The van der Waals surface area contributed by atoms with Crippen molar-refractivity contribution in [1.29, 1.82) is 0 Å². The monoisotopic (exact) mass is 314 g/mol. The van der Waals surface area contributed by atoms with E-state index in [1.54, 1.807) is 0 Å². The number of alkyl halides is 1. The fraction of sp³-hybridized carbons (Fsp3) is 0.125. The second kappa shape index (κ2) is 4.88. The van der Waals surface area contributed by atoms with E-state index in [0.29, 0.717) is 0 Å². The lowest BCUT2D eigenvalue weighted by Gasteiger charge is -2.04. The molecule has 4 nitrogen and oxygen atoms in total. The van der Waals surface area contributed by atoms with Crippen LogP contribution in [0.15, 0.2) is 18.2 Å². The van der Waals surface area contributed by atoms with Gasteiger partial charge in [0, 0.05) is 0 Å². The van der Waals surface area contributed by atoms with Gasteiger partial charge in [0.1, 0.15) is 0 Å². The van der Waals surface area contributed by atoms with E-state index >= 15 is 0 Å². The molecule has 8 heteroatoms. The van der Waals surface area contributed by atoms with Crippen LogP contribution < -0.4 is 4.18 Å². The SMILES string of the molecule is O=C(CBr)c1cccc(OS(=O)(=O)F)c1F. The van der Waals surface area contributed by atoms with E-state index in [4.69, 9.17) is 0 Å². The average Bonchev–Trinajstić information content (AvgIpc) is 2.18. The van der Waals surface area contributed by atoms with Crippen LogP contribution in [0.5, 0.6) is 5.75 Å². The summed E-state index contributed by atoms with van der Waals surface area (Å²) in [6.45, 7) is 0. The summed E-state index contributed by atoms with van der Waals surface area (Å²) < 4.78 is 49.6. The van der Waals surface area contributed by atoms with Crippen LogP contribution in [-0.2, 0) is 10.5 Å². The number of hydrogen-bond acceptors (Lipinski definition) is 4. The normalized spacial score (nSPS) is 11.2. The molecule has 0 aliphatic carbocycles. The van der Waals surface area contributed by atoms with Crippen molar-refractivity contribution in [3.63, 3.8) is 0 Å². The van der Waals surface area contributed by atoms with E-state index in [2.05, 4.69) is 20.1 Å². The third-order valence-electron chi connectivity index (χ3n) is 1.57. The number of rotatable bonds is 4. The molecule has 88 valence electrons. The van der Waals surface area contributed by atoms with Crippen molar-refractivity contribution in [2.24, 2.45) is 0 Å². The van der Waals surface area contributed by atoms with Gasteiger partial charge in [-0.3, -0.25) is 4.79 Å². The molecule has 0 amide bonds. The summed E-state index contributed by atoms with van der Waals surface area (Å²) in [5, 5.41) is -0.143. The molecule has 0 saturated heterocycles. The Hall–Kier alpha value is -1.02. The Bertz CT molecular complexity index is 515. The van der Waals surface area contributed by atoms with Gasteiger partial charge < -0.3 is 4.18 Å². The molecule has 1 rings (SSSR count). The van der Waals surface area contributed by atoms with Gasteiger partial charge >= 0.3 is 10.5 Å². The first-order valence-electron chi connectivity index (χ1n) is 3.87. The highest BCUT2D eigenvalue weighted by molar-refractivity contribution is 9.09. The lowest BCUT2D eigenvalue weighted by atomic mass is 10.1. The Morgan fingerprint density at radius 1 is 1.44 bits per heavy atom. The molecule has 1 aromatic rings. The molecule has 1 aromatic carbocycles. The van der Waals surface area contributed by atoms with Gasteiger partial charge in [0.15, 0.2) is 17.3 Å². The molecule has 0 N–H and O–H groups in total. The lowest BCUT2D eigenvalue weighted by Crippen LogP contribution is -2.08. The van der Waals surface area contributed by atoms with Crippen LogP contribution in [0.2, 0.25) is 0 Å². The van der Waals surface area contributed by atoms with Crippen LogP contribution in [0.3, 0.4) is 0 Å². The molecule has 0 saturated carbocycles. The molecule has 0 radical (unpaired) electrons. The second-order valence-corrected chi connectivity index (χ2v) is 4.16. The van der Waals surface area contributed by atoms with Crippen LogP contribution in [0.4, 0.5) is 8.28 Å². The van der Waals surface area contributed by atoms with Gasteiger partial charge in [-0.15, -0.1) is 0 Å². The van der Waals surface area contributed by atoms with Gasteiger partial charge in [0.05, 0.1) is 10.9 Å². The highest BCUT2D eigenvalue weighted by atomic mass is 79.9. The number of hydrogen-bond donors (Lipinski definition) is 0. The van der Waals surface area contributed by atoms with Gasteiger partial charge in [-0.25, -0.2) is 4.39 Å². The highest BCUT2D eigenvalue weighted by Gasteiger charge is 2.19. The van der Waals surface area contributed by atoms with Gasteiger partial charge in [-0.1, -0.05) is 25.9 Å². The van der Waals surface area contributed by atoms with Crippen molar-refractivity contribution in [2.45, 2.75) is 0 Å². The van der Waals surface area contributed by atoms with Crippen LogP contribution >= 0.6 is 15.9 Å². The van der Waals surface area contributed by atoms with Crippen molar-refractivity contribution in [2.75, 3.05) is 5.33 Å². The van der Waals surface area contributed by atoms with Crippen LogP contribution in [-0.4, -0.2) is 19.5 Å². The molecule has 0 bridgehead atoms. The molecular formula is C8H5BrF2O4S. The standard InChI is InChI=1S/C8H5BrF2O4S/c9-4-6(12)5-2-1-3-7(8(5)10)15-16(11,13)14/h1-3H,4H2. The zero-order valence-corrected chi connectivity index (χ0v) is 10.0. The number of halogens is 3. The van der Waals surface area contributed by atoms with Gasteiger partial charge in [0.25, 0.3) is 0 Å². The molecule has 0 fully saturated rings. The number of Topliss-reactive ketones (excluding diaryl/α,β-unsaturated/α-hetero) is 1. The molecule has 0 aromatic heterocycles. The molecule has 0 heterocycles. The van der Waals surface area contributed by atoms with Crippen molar-refractivity contribution in [3.05, 3.63) is 29.6 Å². The number of carbonyl (C=O) groups excluding carboxylic acids is 1. The van der Waals surface area contributed by atoms with E-state index in [0.717, 1.165) is 12.1 Å². The van der Waals surface area contributed by atoms with Crippen molar-refractivity contribution in [3.8, 4) is 5.75 Å². The fourth-order valence-corrected chi connectivity index (χ4v) is 1.61. The minimum Gasteiger partial charge on any atom is -0.355 e. The van der Waals surface area contributed by atoms with Crippen molar-refractivity contribution < 1.29 is 25.7 Å². The highest BCUT2D eigenvalue weighted by Crippen LogP contribution is 2.23. The largest absolute Gasteiger partial charge is 0.488 e. The predicted octanol–water partition coefficient (Wildman–Crippen LogP) is 2.00. The molecule has 0 unspecified atom stereocenters. The summed E-state index contributed by atoms with van der Waals surface area (Å²) in [6.07, 6.45) is 0. The molecular weight excluding hydrogens is 310 g/mol. The van der Waals surface area contributed by atoms with Crippen molar-refractivity contribution >= 4 is 32.2 Å². The van der Waals surface area contributed by atoms with E-state index in [-0.39, 0.29) is 10.9 Å². The number of carbonyl (C=O) groups is 1. The Kier molecular flexibility index (Phi) is 3.98. The topological polar surface area (TPSA) is 60.4 Å². The second-order valence-electron chi connectivity index (χ2n) is 2.65. The third-order valence-corrected chi connectivity index (χ3v) is 2.46. The predicted molar refractivity (Wildman–Crippen MR) is 55.2 cm³/mol. The van der Waals surface area contributed by atoms with Crippen molar-refractivity contribution in [1.82, 2.24) is 0 Å². The van der Waals surface area contributed by atoms with Gasteiger partial charge in [-0.2, -0.15) is 8.42 Å². The first kappa shape index (κ1) is 13.0. The summed E-state index contributed by atoms with van der Waals surface area (Å²) >= 11 is 2.82. The maximum absolute atomic E-state index is 13.4. The van der Waals surface area contributed by atoms with Gasteiger partial charge in [0.2, 0.25) is 0 Å². The van der Waals surface area contributed by atoms with E-state index in [9.17, 15) is 21.5 Å². The Labute approximate surface area is 98.8 Å². The maximum Gasteiger partial charge on any atom is 0.488 e. The van der Waals surface area contributed by atoms with E-state index < -0.39 is 27.9 Å². The molecule has 0 spiro atoms. The minimum atomic E-state index is -5.31. The Balaban J connectivity index is 3.19. The zero-order valence-electron chi connectivity index (χ0n) is 7.61. The summed E-state index contributed by atoms with van der Waals surface area (Å²) in [5.74, 6) is -2.68. The Morgan fingerprint density at radius 2 is 2.06 bits per heavy atom. The van der Waals surface area contributed by atoms with Crippen LogP contribution in [0.25, 0.3) is 0 Å². The summed E-state index contributed by atoms with van der Waals surface area (Å²) in [7, 11) is -5.31. The summed E-state index contributed by atoms with van der Waals surface area (Å²) in [6, 6.07) is 3.22. The lowest BCUT2D eigenvalue weighted by molar-refractivity contribution is 0.101. The first-order chi connectivity index (χ1) is 7.35. The fourth-order valence-electron chi connectivity index (χ4n) is 0.970. The summed E-state index contributed by atoms with van der Waals surface area (Å²) in [4.78, 5) is 11.2. The summed E-state index contributed by atoms with van der Waals surface area (Å²) in [5.41, 5.74) is -0.377. The first-order valence-corrected chi connectivity index (χ1v) is 6.30. The molecule has 0 atom stereocenters. The molecule has 16 heavy (non-hydrogen) atoms. The van der Waals surface area contributed by atoms with E-state index in [1.165, 1.54) is 6.07 Å². The maximum atomic E-state index is 13.4. The molecule has 0 aliphatic rings. The van der Waals surface area contributed by atoms with Crippen LogP contribution in [0.1, 0.15) is 10.4 Å². The smallest absolute Gasteiger partial charge is 0.355 e. The number of ketones is 1. The zero-order chi connectivity index (χ0) is 12.3. The average molecular weight is 315 g/mol. The molecule has 0 aliphatic heterocycles. The minimum absolute atomic E-state index is 0.143. The van der Waals surface area contributed by atoms with Crippen LogP contribution in [0, 0.1) is 5.82 Å². The quantitative estimate of drug-likeness (QED) is 0.484. The third kappa shape index (κ3) is 3.24.